The second kappa shape index (κ2) is 6.96. The lowest BCUT2D eigenvalue weighted by molar-refractivity contribution is 0.348. The number of hydrogen-bond acceptors (Lipinski definition) is 6. The number of rotatable bonds is 5. The molecule has 0 aliphatic carbocycles. The van der Waals surface area contributed by atoms with E-state index in [4.69, 9.17) is 9.47 Å². The molecule has 6 heteroatoms. The van der Waals surface area contributed by atoms with Crippen molar-refractivity contribution in [1.82, 2.24) is 15.3 Å². The smallest absolute Gasteiger partial charge is 0.240 e. The van der Waals surface area contributed by atoms with Gasteiger partial charge in [0.15, 0.2) is 0 Å². The largest absolute Gasteiger partial charge is 0.480 e. The van der Waals surface area contributed by atoms with E-state index in [-0.39, 0.29) is 6.04 Å². The number of aromatic nitrogens is 2. The molecule has 1 fully saturated rings. The van der Waals surface area contributed by atoms with Gasteiger partial charge in [-0.3, -0.25) is 0 Å². The van der Waals surface area contributed by atoms with E-state index >= 15 is 0 Å². The van der Waals surface area contributed by atoms with Gasteiger partial charge in [0, 0.05) is 5.25 Å². The molecule has 0 aromatic carbocycles. The van der Waals surface area contributed by atoms with E-state index in [9.17, 15) is 0 Å². The number of methoxy groups -OCH3 is 2. The van der Waals surface area contributed by atoms with Crippen LogP contribution in [0, 0.1) is 0 Å². The van der Waals surface area contributed by atoms with Crippen LogP contribution in [0.5, 0.6) is 11.8 Å². The van der Waals surface area contributed by atoms with Crippen molar-refractivity contribution in [1.29, 1.82) is 0 Å². The molecule has 106 valence electrons. The van der Waals surface area contributed by atoms with Crippen molar-refractivity contribution in [3.05, 3.63) is 11.9 Å². The van der Waals surface area contributed by atoms with Crippen molar-refractivity contribution in [3.63, 3.8) is 0 Å². The lowest BCUT2D eigenvalue weighted by atomic mass is 10.0. The van der Waals surface area contributed by atoms with Crippen LogP contribution >= 0.6 is 11.8 Å². The van der Waals surface area contributed by atoms with Crippen LogP contribution in [0.1, 0.15) is 31.0 Å². The van der Waals surface area contributed by atoms with Gasteiger partial charge in [-0.2, -0.15) is 16.7 Å². The van der Waals surface area contributed by atoms with E-state index in [1.807, 2.05) is 18.8 Å². The Kier molecular flexibility index (Phi) is 5.27. The minimum atomic E-state index is 0.165. The van der Waals surface area contributed by atoms with Gasteiger partial charge >= 0.3 is 0 Å². The van der Waals surface area contributed by atoms with E-state index in [0.29, 0.717) is 17.0 Å². The first kappa shape index (κ1) is 14.4. The molecule has 0 radical (unpaired) electrons. The molecule has 0 amide bonds. The maximum atomic E-state index is 5.36. The van der Waals surface area contributed by atoms with Gasteiger partial charge in [0.25, 0.3) is 0 Å². The zero-order chi connectivity index (χ0) is 13.7. The molecule has 1 saturated heterocycles. The Morgan fingerprint density at radius 1 is 1.37 bits per heavy atom. The van der Waals surface area contributed by atoms with Crippen molar-refractivity contribution in [3.8, 4) is 11.8 Å². The van der Waals surface area contributed by atoms with Crippen molar-refractivity contribution in [2.24, 2.45) is 0 Å². The molecular formula is C13H21N3O2S. The molecule has 1 N–H and O–H groups in total. The number of thioether (sulfide) groups is 1. The third-order valence-electron chi connectivity index (χ3n) is 3.34. The van der Waals surface area contributed by atoms with Crippen molar-refractivity contribution < 1.29 is 9.47 Å². The third-order valence-corrected chi connectivity index (χ3v) is 4.80. The van der Waals surface area contributed by atoms with E-state index in [0.717, 1.165) is 5.69 Å². The lowest BCUT2D eigenvalue weighted by Crippen LogP contribution is -2.30. The van der Waals surface area contributed by atoms with Gasteiger partial charge in [-0.1, -0.05) is 6.42 Å². The first-order valence-corrected chi connectivity index (χ1v) is 7.58. The summed E-state index contributed by atoms with van der Waals surface area (Å²) in [4.78, 5) is 8.80. The summed E-state index contributed by atoms with van der Waals surface area (Å²) in [5, 5.41) is 3.88. The second-order valence-corrected chi connectivity index (χ2v) is 5.83. The fourth-order valence-corrected chi connectivity index (χ4v) is 3.82. The maximum Gasteiger partial charge on any atom is 0.240 e. The first-order chi connectivity index (χ1) is 9.30. The summed E-state index contributed by atoms with van der Waals surface area (Å²) in [5.74, 6) is 2.24. The maximum absolute atomic E-state index is 5.36. The Morgan fingerprint density at radius 2 is 2.21 bits per heavy atom. The Hall–Kier alpha value is -1.01. The van der Waals surface area contributed by atoms with Gasteiger partial charge in [0.05, 0.1) is 26.5 Å². The predicted molar refractivity (Wildman–Crippen MR) is 77.0 cm³/mol. The fourth-order valence-electron chi connectivity index (χ4n) is 2.36. The van der Waals surface area contributed by atoms with Crippen LogP contribution in [0.15, 0.2) is 6.20 Å². The highest BCUT2D eigenvalue weighted by Gasteiger charge is 2.28. The molecule has 2 atom stereocenters. The number of hydrogen-bond donors (Lipinski definition) is 1. The first-order valence-electron chi connectivity index (χ1n) is 6.54. The molecule has 1 aromatic heterocycles. The highest BCUT2D eigenvalue weighted by Crippen LogP contribution is 2.36. The van der Waals surface area contributed by atoms with Crippen LogP contribution in [0.3, 0.4) is 0 Å². The van der Waals surface area contributed by atoms with E-state index < -0.39 is 0 Å². The molecular weight excluding hydrogens is 262 g/mol. The Balaban J connectivity index is 2.26. The summed E-state index contributed by atoms with van der Waals surface area (Å²) >= 11 is 2.00. The average molecular weight is 283 g/mol. The van der Waals surface area contributed by atoms with Crippen molar-refractivity contribution >= 4 is 11.8 Å². The minimum Gasteiger partial charge on any atom is -0.480 e. The van der Waals surface area contributed by atoms with Crippen LogP contribution < -0.4 is 14.8 Å². The van der Waals surface area contributed by atoms with E-state index in [2.05, 4.69) is 15.3 Å². The molecule has 0 spiro atoms. The minimum absolute atomic E-state index is 0.165. The van der Waals surface area contributed by atoms with Gasteiger partial charge in [0.2, 0.25) is 11.8 Å². The summed E-state index contributed by atoms with van der Waals surface area (Å²) < 4.78 is 10.4. The lowest BCUT2D eigenvalue weighted by Gasteiger charge is -2.29. The van der Waals surface area contributed by atoms with Gasteiger partial charge in [-0.05, 0) is 25.6 Å². The summed E-state index contributed by atoms with van der Waals surface area (Å²) in [6, 6.07) is 0.165. The molecule has 5 nitrogen and oxygen atoms in total. The summed E-state index contributed by atoms with van der Waals surface area (Å²) in [6.45, 7) is 0. The molecule has 0 bridgehead atoms. The normalized spacial score (nSPS) is 20.9. The molecule has 1 aromatic rings. The van der Waals surface area contributed by atoms with E-state index in [1.165, 1.54) is 25.0 Å². The Bertz CT molecular complexity index is 411. The standard InChI is InChI=1S/C13H21N3O2S/c1-14-11(9-6-4-5-7-19-9)12-13(18-3)16-10(17-2)8-15-12/h8-9,11,14H,4-7H2,1-3H3. The average Bonchev–Trinajstić information content (AvgIpc) is 2.49. The van der Waals surface area contributed by atoms with Crippen molar-refractivity contribution in [2.45, 2.75) is 30.6 Å². The predicted octanol–water partition coefficient (Wildman–Crippen LogP) is 2.04. The van der Waals surface area contributed by atoms with Gasteiger partial charge < -0.3 is 14.8 Å². The van der Waals surface area contributed by atoms with Crippen LogP contribution in [0.2, 0.25) is 0 Å². The summed E-state index contributed by atoms with van der Waals surface area (Å²) in [6.07, 6.45) is 5.44. The highest BCUT2D eigenvalue weighted by atomic mass is 32.2. The number of nitrogens with zero attached hydrogens (tertiary/aromatic N) is 2. The zero-order valence-corrected chi connectivity index (χ0v) is 12.5. The number of nitrogens with one attached hydrogen (secondary N) is 1. The molecule has 19 heavy (non-hydrogen) atoms. The van der Waals surface area contributed by atoms with Crippen LogP contribution in [-0.4, -0.2) is 42.2 Å². The second-order valence-electron chi connectivity index (χ2n) is 4.48. The van der Waals surface area contributed by atoms with Gasteiger partial charge in [-0.15, -0.1) is 0 Å². The third kappa shape index (κ3) is 3.30. The quantitative estimate of drug-likeness (QED) is 0.892. The zero-order valence-electron chi connectivity index (χ0n) is 11.7. The SMILES string of the molecule is CNC(c1ncc(OC)nc1OC)C1CCCCS1. The Morgan fingerprint density at radius 3 is 2.79 bits per heavy atom. The summed E-state index contributed by atoms with van der Waals surface area (Å²) in [5.41, 5.74) is 0.866. The highest BCUT2D eigenvalue weighted by molar-refractivity contribution is 8.00. The van der Waals surface area contributed by atoms with Gasteiger partial charge in [0.1, 0.15) is 5.69 Å². The number of ether oxygens (including phenoxy) is 2. The fraction of sp³-hybridized carbons (Fsp3) is 0.692. The van der Waals surface area contributed by atoms with Crippen LogP contribution in [-0.2, 0) is 0 Å². The Labute approximate surface area is 118 Å². The molecule has 2 heterocycles. The monoisotopic (exact) mass is 283 g/mol. The molecule has 2 rings (SSSR count). The van der Waals surface area contributed by atoms with Crippen LogP contribution in [0.25, 0.3) is 0 Å². The molecule has 1 aliphatic heterocycles. The van der Waals surface area contributed by atoms with Crippen LogP contribution in [0.4, 0.5) is 0 Å². The van der Waals surface area contributed by atoms with Gasteiger partial charge in [-0.25, -0.2) is 4.98 Å². The van der Waals surface area contributed by atoms with Crippen molar-refractivity contribution in [2.75, 3.05) is 27.0 Å². The molecule has 0 saturated carbocycles. The van der Waals surface area contributed by atoms with E-state index in [1.54, 1.807) is 20.4 Å². The molecule has 1 aliphatic rings. The molecule has 2 unspecified atom stereocenters. The summed E-state index contributed by atoms with van der Waals surface area (Å²) in [7, 11) is 5.16. The topological polar surface area (TPSA) is 56.3 Å².